The van der Waals surface area contributed by atoms with Gasteiger partial charge in [-0.1, -0.05) is 54.6 Å². The Morgan fingerprint density at radius 3 is 2.46 bits per heavy atom. The van der Waals surface area contributed by atoms with Gasteiger partial charge in [0.1, 0.15) is 5.75 Å². The number of ether oxygens (including phenoxy) is 1. The molecule has 138 valence electrons. The van der Waals surface area contributed by atoms with Crippen LogP contribution in [0.25, 0.3) is 32.7 Å². The molecule has 0 unspecified atom stereocenters. The minimum absolute atomic E-state index is 0.249. The molecule has 0 radical (unpaired) electrons. The summed E-state index contributed by atoms with van der Waals surface area (Å²) < 4.78 is 6.48. The number of benzene rings is 3. The first-order chi connectivity index (χ1) is 13.6. The molecule has 4 heteroatoms. The number of carbonyl (C=O) groups is 1. The number of hydrogen-bond donors (Lipinski definition) is 1. The molecule has 4 rings (SSSR count). The predicted octanol–water partition coefficient (Wildman–Crippen LogP) is 6.45. The van der Waals surface area contributed by atoms with Crippen molar-refractivity contribution >= 4 is 39.5 Å². The molecular formula is C24H18O3S. The second-order valence-electron chi connectivity index (χ2n) is 6.36. The lowest BCUT2D eigenvalue weighted by Gasteiger charge is -2.05. The van der Waals surface area contributed by atoms with Crippen molar-refractivity contribution in [3.05, 3.63) is 89.5 Å². The molecule has 0 saturated heterocycles. The van der Waals surface area contributed by atoms with Gasteiger partial charge < -0.3 is 9.84 Å². The molecule has 3 aromatic carbocycles. The summed E-state index contributed by atoms with van der Waals surface area (Å²) in [6, 6.07) is 23.8. The van der Waals surface area contributed by atoms with Crippen LogP contribution in [0.3, 0.4) is 0 Å². The Hall–Kier alpha value is -3.37. The molecule has 0 bridgehead atoms. The van der Waals surface area contributed by atoms with Gasteiger partial charge in [-0.2, -0.15) is 0 Å². The van der Waals surface area contributed by atoms with Gasteiger partial charge in [0.2, 0.25) is 0 Å². The first-order valence-corrected chi connectivity index (χ1v) is 9.64. The summed E-state index contributed by atoms with van der Waals surface area (Å²) in [5, 5.41) is 10.6. The van der Waals surface area contributed by atoms with Crippen molar-refractivity contribution in [2.24, 2.45) is 0 Å². The van der Waals surface area contributed by atoms with Gasteiger partial charge in [-0.3, -0.25) is 0 Å². The minimum atomic E-state index is -0.956. The monoisotopic (exact) mass is 386 g/mol. The van der Waals surface area contributed by atoms with E-state index in [0.717, 1.165) is 5.56 Å². The molecule has 0 atom stereocenters. The van der Waals surface area contributed by atoms with Crippen LogP contribution in [0, 0.1) is 0 Å². The lowest BCUT2D eigenvalue weighted by Crippen LogP contribution is -1.99. The first kappa shape index (κ1) is 18.0. The van der Waals surface area contributed by atoms with E-state index in [1.54, 1.807) is 42.7 Å². The van der Waals surface area contributed by atoms with Crippen LogP contribution in [-0.4, -0.2) is 18.2 Å². The average Bonchev–Trinajstić information content (AvgIpc) is 3.16. The molecule has 0 aliphatic heterocycles. The van der Waals surface area contributed by atoms with Crippen molar-refractivity contribution in [3.63, 3.8) is 0 Å². The number of methoxy groups -OCH3 is 1. The minimum Gasteiger partial charge on any atom is -0.497 e. The largest absolute Gasteiger partial charge is 0.497 e. The SMILES string of the molecule is COc1ccc(C(=O)O)c(C=Cc2ccc(-c3cc4ccccc4s3)cc2)c1. The van der Waals surface area contributed by atoms with Gasteiger partial charge in [-0.15, -0.1) is 11.3 Å². The van der Waals surface area contributed by atoms with E-state index in [4.69, 9.17) is 4.74 Å². The number of fused-ring (bicyclic) bond motifs is 1. The van der Waals surface area contributed by atoms with E-state index in [1.807, 2.05) is 18.2 Å². The molecule has 0 saturated carbocycles. The molecule has 28 heavy (non-hydrogen) atoms. The van der Waals surface area contributed by atoms with E-state index in [1.165, 1.54) is 20.5 Å². The number of thiophene rings is 1. The maximum atomic E-state index is 11.4. The Balaban J connectivity index is 1.60. The molecule has 0 spiro atoms. The van der Waals surface area contributed by atoms with Crippen molar-refractivity contribution in [3.8, 4) is 16.2 Å². The van der Waals surface area contributed by atoms with Crippen LogP contribution in [0.1, 0.15) is 21.5 Å². The molecule has 1 heterocycles. The molecule has 3 nitrogen and oxygen atoms in total. The van der Waals surface area contributed by atoms with E-state index >= 15 is 0 Å². The Kier molecular flexibility index (Phi) is 4.96. The number of rotatable bonds is 5. The highest BCUT2D eigenvalue weighted by molar-refractivity contribution is 7.22. The summed E-state index contributed by atoms with van der Waals surface area (Å²) in [6.45, 7) is 0. The zero-order valence-electron chi connectivity index (χ0n) is 15.3. The quantitative estimate of drug-likeness (QED) is 0.401. The summed E-state index contributed by atoms with van der Waals surface area (Å²) in [4.78, 5) is 12.7. The average molecular weight is 386 g/mol. The molecule has 0 amide bonds. The standard InChI is InChI=1S/C24H18O3S/c1-27-20-12-13-21(24(25)26)18(14-20)11-8-16-6-9-17(10-7-16)23-15-19-4-2-3-5-22(19)28-23/h2-15H,1H3,(H,25,26). The van der Waals surface area contributed by atoms with Crippen molar-refractivity contribution in [2.45, 2.75) is 0 Å². The van der Waals surface area contributed by atoms with E-state index in [2.05, 4.69) is 42.5 Å². The van der Waals surface area contributed by atoms with Crippen LogP contribution in [0.5, 0.6) is 5.75 Å². The highest BCUT2D eigenvalue weighted by Crippen LogP contribution is 2.33. The van der Waals surface area contributed by atoms with Crippen molar-refractivity contribution in [1.29, 1.82) is 0 Å². The fraction of sp³-hybridized carbons (Fsp3) is 0.0417. The molecule has 1 aromatic heterocycles. The van der Waals surface area contributed by atoms with E-state index in [0.29, 0.717) is 11.3 Å². The Bertz CT molecular complexity index is 1140. The Morgan fingerprint density at radius 1 is 0.964 bits per heavy atom. The highest BCUT2D eigenvalue weighted by atomic mass is 32.1. The number of hydrogen-bond acceptors (Lipinski definition) is 3. The zero-order valence-corrected chi connectivity index (χ0v) is 16.1. The van der Waals surface area contributed by atoms with Crippen LogP contribution in [-0.2, 0) is 0 Å². The van der Waals surface area contributed by atoms with Crippen LogP contribution in [0.4, 0.5) is 0 Å². The summed E-state index contributed by atoms with van der Waals surface area (Å²) in [5.41, 5.74) is 3.04. The fourth-order valence-corrected chi connectivity index (χ4v) is 4.14. The lowest BCUT2D eigenvalue weighted by molar-refractivity contribution is 0.0696. The third kappa shape index (κ3) is 3.68. The number of aromatic carboxylic acids is 1. The van der Waals surface area contributed by atoms with Gasteiger partial charge in [0, 0.05) is 9.58 Å². The summed E-state index contributed by atoms with van der Waals surface area (Å²) in [6.07, 6.45) is 3.72. The van der Waals surface area contributed by atoms with Crippen LogP contribution in [0.15, 0.2) is 72.8 Å². The molecule has 1 N–H and O–H groups in total. The van der Waals surface area contributed by atoms with Crippen molar-refractivity contribution < 1.29 is 14.6 Å². The predicted molar refractivity (Wildman–Crippen MR) is 116 cm³/mol. The maximum absolute atomic E-state index is 11.4. The topological polar surface area (TPSA) is 46.5 Å². The molecular weight excluding hydrogens is 368 g/mol. The second-order valence-corrected chi connectivity index (χ2v) is 7.45. The van der Waals surface area contributed by atoms with Gasteiger partial charge in [0.15, 0.2) is 0 Å². The molecule has 0 fully saturated rings. The Morgan fingerprint density at radius 2 is 1.75 bits per heavy atom. The van der Waals surface area contributed by atoms with Crippen molar-refractivity contribution in [2.75, 3.05) is 7.11 Å². The summed E-state index contributed by atoms with van der Waals surface area (Å²) in [5.74, 6) is -0.327. The van der Waals surface area contributed by atoms with Gasteiger partial charge in [0.25, 0.3) is 0 Å². The lowest BCUT2D eigenvalue weighted by atomic mass is 10.0. The smallest absolute Gasteiger partial charge is 0.336 e. The van der Waals surface area contributed by atoms with E-state index < -0.39 is 5.97 Å². The fourth-order valence-electron chi connectivity index (χ4n) is 3.07. The van der Waals surface area contributed by atoms with E-state index in [9.17, 15) is 9.90 Å². The van der Waals surface area contributed by atoms with Crippen molar-refractivity contribution in [1.82, 2.24) is 0 Å². The zero-order chi connectivity index (χ0) is 19.5. The van der Waals surface area contributed by atoms with Gasteiger partial charge in [0.05, 0.1) is 12.7 Å². The number of carboxylic acid groups (broad SMARTS) is 1. The van der Waals surface area contributed by atoms with Gasteiger partial charge in [-0.25, -0.2) is 4.79 Å². The highest BCUT2D eigenvalue weighted by Gasteiger charge is 2.09. The summed E-state index contributed by atoms with van der Waals surface area (Å²) >= 11 is 1.78. The maximum Gasteiger partial charge on any atom is 0.336 e. The molecule has 4 aromatic rings. The third-order valence-electron chi connectivity index (χ3n) is 4.57. The first-order valence-electron chi connectivity index (χ1n) is 8.82. The third-order valence-corrected chi connectivity index (χ3v) is 5.73. The Labute approximate surface area is 167 Å². The van der Waals surface area contributed by atoms with Crippen LogP contribution >= 0.6 is 11.3 Å². The van der Waals surface area contributed by atoms with Crippen LogP contribution < -0.4 is 4.74 Å². The number of carboxylic acids is 1. The second kappa shape index (κ2) is 7.71. The van der Waals surface area contributed by atoms with Crippen LogP contribution in [0.2, 0.25) is 0 Å². The van der Waals surface area contributed by atoms with E-state index in [-0.39, 0.29) is 5.56 Å². The molecule has 0 aliphatic carbocycles. The molecule has 0 aliphatic rings. The van der Waals surface area contributed by atoms with Gasteiger partial charge in [-0.05, 0) is 52.4 Å². The van der Waals surface area contributed by atoms with Gasteiger partial charge >= 0.3 is 5.97 Å². The normalized spacial score (nSPS) is 11.2. The summed E-state index contributed by atoms with van der Waals surface area (Å²) in [7, 11) is 1.57.